The number of hydrogen-bond acceptors (Lipinski definition) is 4. The zero-order valence-corrected chi connectivity index (χ0v) is 14.0. The molecule has 6 heteroatoms. The van der Waals surface area contributed by atoms with Crippen LogP contribution in [0.1, 0.15) is 17.5 Å². The van der Waals surface area contributed by atoms with Crippen LogP contribution in [0.5, 0.6) is 11.5 Å². The first kappa shape index (κ1) is 15.6. The molecular weight excluding hydrogens is 323 g/mol. The smallest absolute Gasteiger partial charge is 0.256 e. The Labute approximate surface area is 144 Å². The number of fused-ring (bicyclic) bond motifs is 3. The first-order chi connectivity index (χ1) is 12.1. The average molecular weight is 340 g/mol. The van der Waals surface area contributed by atoms with Crippen molar-refractivity contribution in [1.82, 2.24) is 0 Å². The summed E-state index contributed by atoms with van der Waals surface area (Å²) in [4.78, 5) is 12.8. The first-order valence-corrected chi connectivity index (χ1v) is 8.05. The number of anilines is 1. The highest BCUT2D eigenvalue weighted by Gasteiger charge is 2.40. The number of hydrazone groups is 1. The highest BCUT2D eigenvalue weighted by Crippen LogP contribution is 2.39. The van der Waals surface area contributed by atoms with E-state index in [0.717, 1.165) is 23.3 Å². The Morgan fingerprint density at radius 1 is 1.12 bits per heavy atom. The van der Waals surface area contributed by atoms with Crippen LogP contribution in [-0.2, 0) is 11.2 Å². The van der Waals surface area contributed by atoms with Gasteiger partial charge in [0.2, 0.25) is 0 Å². The Kier molecular flexibility index (Phi) is 3.67. The molecule has 2 aliphatic rings. The van der Waals surface area contributed by atoms with Gasteiger partial charge in [0.1, 0.15) is 5.82 Å². The third-order valence-corrected chi connectivity index (χ3v) is 4.70. The Balaban J connectivity index is 1.79. The van der Waals surface area contributed by atoms with E-state index in [0.29, 0.717) is 23.6 Å². The van der Waals surface area contributed by atoms with E-state index in [1.54, 1.807) is 26.4 Å². The molecule has 0 unspecified atom stereocenters. The lowest BCUT2D eigenvalue weighted by molar-refractivity contribution is -0.119. The van der Waals surface area contributed by atoms with Gasteiger partial charge in [0.25, 0.3) is 5.91 Å². The number of carbonyl (C=O) groups is 1. The average Bonchev–Trinajstić information content (AvgIpc) is 2.98. The van der Waals surface area contributed by atoms with Crippen molar-refractivity contribution in [1.29, 1.82) is 0 Å². The molecule has 0 saturated heterocycles. The Bertz CT molecular complexity index is 877. The van der Waals surface area contributed by atoms with Gasteiger partial charge in [-0.2, -0.15) is 10.1 Å². The van der Waals surface area contributed by atoms with Crippen molar-refractivity contribution in [2.24, 2.45) is 11.0 Å². The van der Waals surface area contributed by atoms with Crippen LogP contribution in [0, 0.1) is 11.7 Å². The molecule has 25 heavy (non-hydrogen) atoms. The number of rotatable bonds is 3. The zero-order valence-electron chi connectivity index (χ0n) is 14.0. The van der Waals surface area contributed by atoms with E-state index in [1.165, 1.54) is 17.1 Å². The van der Waals surface area contributed by atoms with Crippen LogP contribution in [0.15, 0.2) is 41.5 Å². The maximum Gasteiger partial charge on any atom is 0.256 e. The van der Waals surface area contributed by atoms with E-state index in [2.05, 4.69) is 5.10 Å². The summed E-state index contributed by atoms with van der Waals surface area (Å²) in [6.07, 6.45) is 1.46. The van der Waals surface area contributed by atoms with Crippen LogP contribution in [0.25, 0.3) is 0 Å². The van der Waals surface area contributed by atoms with E-state index in [9.17, 15) is 9.18 Å². The number of benzene rings is 2. The molecular formula is C19H17FN2O3. The molecule has 1 aliphatic heterocycles. The summed E-state index contributed by atoms with van der Waals surface area (Å²) in [7, 11) is 3.18. The van der Waals surface area contributed by atoms with Crippen LogP contribution in [0.4, 0.5) is 10.1 Å². The summed E-state index contributed by atoms with van der Waals surface area (Å²) in [6.45, 7) is 0. The molecule has 2 aromatic rings. The fraction of sp³-hybridized carbons (Fsp3) is 0.263. The van der Waals surface area contributed by atoms with Gasteiger partial charge in [-0.3, -0.25) is 4.79 Å². The van der Waals surface area contributed by atoms with Crippen molar-refractivity contribution in [3.63, 3.8) is 0 Å². The number of ether oxygens (including phenoxy) is 2. The molecule has 4 rings (SSSR count). The van der Waals surface area contributed by atoms with E-state index in [-0.39, 0.29) is 17.6 Å². The number of nitrogens with zero attached hydrogens (tertiary/aromatic N) is 2. The molecule has 1 aliphatic carbocycles. The molecule has 0 N–H and O–H groups in total. The van der Waals surface area contributed by atoms with Crippen molar-refractivity contribution < 1.29 is 18.7 Å². The minimum Gasteiger partial charge on any atom is -0.493 e. The second-order valence-corrected chi connectivity index (χ2v) is 6.07. The Morgan fingerprint density at radius 3 is 2.48 bits per heavy atom. The number of aryl methyl sites for hydroxylation is 1. The van der Waals surface area contributed by atoms with Gasteiger partial charge in [-0.15, -0.1) is 0 Å². The second-order valence-electron chi connectivity index (χ2n) is 6.07. The number of methoxy groups -OCH3 is 2. The van der Waals surface area contributed by atoms with Crippen molar-refractivity contribution >= 4 is 17.3 Å². The zero-order chi connectivity index (χ0) is 17.6. The molecule has 0 fully saturated rings. The molecule has 1 amide bonds. The summed E-state index contributed by atoms with van der Waals surface area (Å²) in [5, 5.41) is 5.91. The van der Waals surface area contributed by atoms with E-state index in [4.69, 9.17) is 9.47 Å². The van der Waals surface area contributed by atoms with Crippen LogP contribution >= 0.6 is 0 Å². The van der Waals surface area contributed by atoms with Gasteiger partial charge < -0.3 is 9.47 Å². The predicted octanol–water partition coefficient (Wildman–Crippen LogP) is 3.16. The molecule has 0 aromatic heterocycles. The largest absolute Gasteiger partial charge is 0.493 e. The topological polar surface area (TPSA) is 51.1 Å². The highest BCUT2D eigenvalue weighted by atomic mass is 19.1. The summed E-state index contributed by atoms with van der Waals surface area (Å²) < 4.78 is 23.9. The minimum absolute atomic E-state index is 0.0814. The third kappa shape index (κ3) is 2.45. The standard InChI is InChI=1S/C19H17FN2O3/c1-24-16-9-11-3-8-14-18(15(11)10-17(16)25-2)21-22(19(14)23)13-6-4-12(20)5-7-13/h4-7,9-10,14H,3,8H2,1-2H3/t14-/m0/s1. The fourth-order valence-electron chi connectivity index (χ4n) is 3.43. The molecule has 1 heterocycles. The van der Waals surface area contributed by atoms with Crippen molar-refractivity contribution in [2.75, 3.05) is 19.2 Å². The lowest BCUT2D eigenvalue weighted by Gasteiger charge is -2.22. The molecule has 0 saturated carbocycles. The van der Waals surface area contributed by atoms with E-state index < -0.39 is 0 Å². The van der Waals surface area contributed by atoms with Gasteiger partial charge in [-0.1, -0.05) is 0 Å². The third-order valence-electron chi connectivity index (χ3n) is 4.70. The Morgan fingerprint density at radius 2 is 1.80 bits per heavy atom. The molecule has 0 radical (unpaired) electrons. The van der Waals surface area contributed by atoms with Gasteiger partial charge in [0.05, 0.1) is 31.5 Å². The van der Waals surface area contributed by atoms with E-state index in [1.807, 2.05) is 12.1 Å². The molecule has 2 aromatic carbocycles. The van der Waals surface area contributed by atoms with Crippen LogP contribution < -0.4 is 14.5 Å². The van der Waals surface area contributed by atoms with Gasteiger partial charge in [-0.25, -0.2) is 4.39 Å². The maximum absolute atomic E-state index is 13.2. The van der Waals surface area contributed by atoms with Crippen LogP contribution in [0.3, 0.4) is 0 Å². The van der Waals surface area contributed by atoms with Crippen molar-refractivity contribution in [3.8, 4) is 11.5 Å². The SMILES string of the molecule is COc1cc2c(cc1OC)C1=NN(c3ccc(F)cc3)C(=O)[C@H]1CC2. The number of hydrogen-bond donors (Lipinski definition) is 0. The summed E-state index contributed by atoms with van der Waals surface area (Å²) in [6, 6.07) is 9.59. The van der Waals surface area contributed by atoms with Gasteiger partial charge in [0.15, 0.2) is 11.5 Å². The lowest BCUT2D eigenvalue weighted by atomic mass is 9.82. The number of amides is 1. The van der Waals surface area contributed by atoms with Crippen LogP contribution in [0.2, 0.25) is 0 Å². The Hall–Kier alpha value is -2.89. The molecule has 0 bridgehead atoms. The van der Waals surface area contributed by atoms with Gasteiger partial charge >= 0.3 is 0 Å². The summed E-state index contributed by atoms with van der Waals surface area (Å²) in [5.74, 6) is 0.567. The minimum atomic E-state index is -0.345. The monoisotopic (exact) mass is 340 g/mol. The lowest BCUT2D eigenvalue weighted by Crippen LogP contribution is -2.30. The molecule has 1 atom stereocenters. The highest BCUT2D eigenvalue weighted by molar-refractivity contribution is 6.22. The quantitative estimate of drug-likeness (QED) is 0.862. The number of carbonyl (C=O) groups excluding carboxylic acids is 1. The van der Waals surface area contributed by atoms with Crippen molar-refractivity contribution in [3.05, 3.63) is 53.3 Å². The normalized spacial score (nSPS) is 18.5. The van der Waals surface area contributed by atoms with Gasteiger partial charge in [0, 0.05) is 5.56 Å². The van der Waals surface area contributed by atoms with E-state index >= 15 is 0 Å². The van der Waals surface area contributed by atoms with Crippen molar-refractivity contribution in [2.45, 2.75) is 12.8 Å². The molecule has 128 valence electrons. The molecule has 5 nitrogen and oxygen atoms in total. The maximum atomic E-state index is 13.2. The van der Waals surface area contributed by atoms with Crippen LogP contribution in [-0.4, -0.2) is 25.8 Å². The molecule has 0 spiro atoms. The second kappa shape index (κ2) is 5.88. The number of halogens is 1. The fourth-order valence-corrected chi connectivity index (χ4v) is 3.43. The predicted molar refractivity (Wildman–Crippen MR) is 91.8 cm³/mol. The first-order valence-electron chi connectivity index (χ1n) is 8.05. The summed E-state index contributed by atoms with van der Waals surface area (Å²) in [5.41, 5.74) is 3.29. The van der Waals surface area contributed by atoms with Gasteiger partial charge in [-0.05, 0) is 54.8 Å². The summed E-state index contributed by atoms with van der Waals surface area (Å²) >= 11 is 0.